The third kappa shape index (κ3) is 2.22. The van der Waals surface area contributed by atoms with Crippen molar-refractivity contribution < 1.29 is 9.90 Å². The third-order valence-electron chi connectivity index (χ3n) is 4.38. The van der Waals surface area contributed by atoms with Crippen LogP contribution in [0.4, 0.5) is 0 Å². The third-order valence-corrected chi connectivity index (χ3v) is 4.38. The Morgan fingerprint density at radius 2 is 1.65 bits per heavy atom. The minimum absolute atomic E-state index is 0.168. The van der Waals surface area contributed by atoms with E-state index in [1.165, 1.54) is 16.7 Å². The molecule has 0 bridgehead atoms. The van der Waals surface area contributed by atoms with Gasteiger partial charge < -0.3 is 5.11 Å². The summed E-state index contributed by atoms with van der Waals surface area (Å²) in [6.45, 7) is 0. The molecule has 3 rings (SSSR count). The molecular formula is C18H18O2. The van der Waals surface area contributed by atoms with E-state index in [1.54, 1.807) is 0 Å². The molecule has 0 spiro atoms. The van der Waals surface area contributed by atoms with Gasteiger partial charge in [0.2, 0.25) is 0 Å². The number of rotatable bonds is 4. The molecule has 1 saturated carbocycles. The minimum atomic E-state index is -0.701. The quantitative estimate of drug-likeness (QED) is 0.898. The Kier molecular flexibility index (Phi) is 3.31. The van der Waals surface area contributed by atoms with E-state index >= 15 is 0 Å². The van der Waals surface area contributed by atoms with Crippen LogP contribution in [0.25, 0.3) is 11.1 Å². The highest BCUT2D eigenvalue weighted by Crippen LogP contribution is 2.49. The van der Waals surface area contributed by atoms with E-state index in [4.69, 9.17) is 0 Å². The average Bonchev–Trinajstić information content (AvgIpc) is 2.44. The van der Waals surface area contributed by atoms with E-state index in [0.29, 0.717) is 0 Å². The van der Waals surface area contributed by atoms with Gasteiger partial charge in [-0.15, -0.1) is 0 Å². The molecular weight excluding hydrogens is 248 g/mol. The second-order valence-corrected chi connectivity index (χ2v) is 5.62. The molecule has 0 aliphatic heterocycles. The van der Waals surface area contributed by atoms with Crippen LogP contribution in [0.5, 0.6) is 0 Å². The van der Waals surface area contributed by atoms with Crippen LogP contribution in [-0.2, 0) is 10.2 Å². The van der Waals surface area contributed by atoms with Gasteiger partial charge in [0, 0.05) is 5.41 Å². The van der Waals surface area contributed by atoms with Gasteiger partial charge in [-0.3, -0.25) is 4.79 Å². The van der Waals surface area contributed by atoms with E-state index in [-0.39, 0.29) is 11.8 Å². The number of carbonyl (C=O) groups is 1. The zero-order valence-electron chi connectivity index (χ0n) is 11.4. The van der Waals surface area contributed by atoms with E-state index in [1.807, 2.05) is 30.3 Å². The Morgan fingerprint density at radius 3 is 2.25 bits per heavy atom. The van der Waals surface area contributed by atoms with Crippen LogP contribution < -0.4 is 0 Å². The molecule has 0 saturated heterocycles. The first kappa shape index (κ1) is 12.9. The van der Waals surface area contributed by atoms with Crippen LogP contribution in [0.1, 0.15) is 31.2 Å². The van der Waals surface area contributed by atoms with Crippen molar-refractivity contribution in [3.63, 3.8) is 0 Å². The molecule has 1 fully saturated rings. The van der Waals surface area contributed by atoms with Crippen molar-refractivity contribution in [2.45, 2.75) is 31.1 Å². The van der Waals surface area contributed by atoms with Gasteiger partial charge in [-0.25, -0.2) is 0 Å². The Labute approximate surface area is 119 Å². The SMILES string of the molecule is O=C(O)CC1(c2ccccc2-c2ccccc2)CCC1. The second kappa shape index (κ2) is 5.12. The highest BCUT2D eigenvalue weighted by Gasteiger charge is 2.41. The fraction of sp³-hybridized carbons (Fsp3) is 0.278. The fourth-order valence-electron chi connectivity index (χ4n) is 3.25. The lowest BCUT2D eigenvalue weighted by atomic mass is 9.61. The summed E-state index contributed by atoms with van der Waals surface area (Å²) < 4.78 is 0. The highest BCUT2D eigenvalue weighted by molar-refractivity contribution is 5.74. The Bertz CT molecular complexity index is 612. The molecule has 2 nitrogen and oxygen atoms in total. The van der Waals surface area contributed by atoms with Crippen molar-refractivity contribution in [2.24, 2.45) is 0 Å². The lowest BCUT2D eigenvalue weighted by Gasteiger charge is -2.42. The molecule has 0 amide bonds. The normalized spacial score (nSPS) is 16.4. The zero-order chi connectivity index (χ0) is 14.0. The maximum atomic E-state index is 11.2. The van der Waals surface area contributed by atoms with E-state index in [9.17, 15) is 9.90 Å². The molecule has 1 N–H and O–H groups in total. The van der Waals surface area contributed by atoms with E-state index in [0.717, 1.165) is 19.3 Å². The van der Waals surface area contributed by atoms with Crippen molar-refractivity contribution in [3.05, 3.63) is 60.2 Å². The number of hydrogen-bond acceptors (Lipinski definition) is 1. The van der Waals surface area contributed by atoms with Gasteiger partial charge in [0.15, 0.2) is 0 Å². The molecule has 0 atom stereocenters. The summed E-state index contributed by atoms with van der Waals surface area (Å²) >= 11 is 0. The van der Waals surface area contributed by atoms with E-state index in [2.05, 4.69) is 24.3 Å². The molecule has 1 aliphatic rings. The number of carboxylic acid groups (broad SMARTS) is 1. The maximum absolute atomic E-state index is 11.2. The summed E-state index contributed by atoms with van der Waals surface area (Å²) in [6, 6.07) is 18.5. The first-order valence-corrected chi connectivity index (χ1v) is 7.08. The number of hydrogen-bond donors (Lipinski definition) is 1. The van der Waals surface area contributed by atoms with Crippen molar-refractivity contribution in [1.29, 1.82) is 0 Å². The standard InChI is InChI=1S/C18H18O2/c19-17(20)13-18(11-6-12-18)16-10-5-4-9-15(16)14-7-2-1-3-8-14/h1-5,7-10H,6,11-13H2,(H,19,20). The molecule has 2 aromatic carbocycles. The summed E-state index contributed by atoms with van der Waals surface area (Å²) in [4.78, 5) is 11.2. The van der Waals surface area contributed by atoms with Gasteiger partial charge in [-0.1, -0.05) is 61.0 Å². The predicted octanol–water partition coefficient (Wildman–Crippen LogP) is 4.25. The van der Waals surface area contributed by atoms with Crippen LogP contribution in [0.2, 0.25) is 0 Å². The first-order valence-electron chi connectivity index (χ1n) is 7.08. The molecule has 0 aromatic heterocycles. The molecule has 20 heavy (non-hydrogen) atoms. The molecule has 2 aromatic rings. The fourth-order valence-corrected chi connectivity index (χ4v) is 3.25. The molecule has 0 heterocycles. The first-order chi connectivity index (χ1) is 9.71. The monoisotopic (exact) mass is 266 g/mol. The Balaban J connectivity index is 2.08. The Hall–Kier alpha value is -2.09. The number of benzene rings is 2. The number of carboxylic acids is 1. The van der Waals surface area contributed by atoms with Crippen LogP contribution in [-0.4, -0.2) is 11.1 Å². The molecule has 0 radical (unpaired) electrons. The van der Waals surface area contributed by atoms with Crippen LogP contribution in [0.15, 0.2) is 54.6 Å². The topological polar surface area (TPSA) is 37.3 Å². The number of aliphatic carboxylic acids is 1. The van der Waals surface area contributed by atoms with Crippen LogP contribution in [0.3, 0.4) is 0 Å². The highest BCUT2D eigenvalue weighted by atomic mass is 16.4. The second-order valence-electron chi connectivity index (χ2n) is 5.62. The van der Waals surface area contributed by atoms with Gasteiger partial charge in [0.25, 0.3) is 0 Å². The average molecular weight is 266 g/mol. The van der Waals surface area contributed by atoms with E-state index < -0.39 is 5.97 Å². The van der Waals surface area contributed by atoms with Gasteiger partial charge in [0.05, 0.1) is 6.42 Å². The minimum Gasteiger partial charge on any atom is -0.481 e. The smallest absolute Gasteiger partial charge is 0.304 e. The van der Waals surface area contributed by atoms with Gasteiger partial charge in [0.1, 0.15) is 0 Å². The zero-order valence-corrected chi connectivity index (χ0v) is 11.4. The van der Waals surface area contributed by atoms with Crippen LogP contribution >= 0.6 is 0 Å². The summed E-state index contributed by atoms with van der Waals surface area (Å²) in [5, 5.41) is 9.24. The summed E-state index contributed by atoms with van der Waals surface area (Å²) in [5.74, 6) is -0.701. The van der Waals surface area contributed by atoms with Crippen molar-refractivity contribution in [2.75, 3.05) is 0 Å². The maximum Gasteiger partial charge on any atom is 0.304 e. The van der Waals surface area contributed by atoms with Gasteiger partial charge in [-0.2, -0.15) is 0 Å². The molecule has 0 unspecified atom stereocenters. The van der Waals surface area contributed by atoms with Crippen LogP contribution in [0, 0.1) is 0 Å². The lowest BCUT2D eigenvalue weighted by Crippen LogP contribution is -2.37. The van der Waals surface area contributed by atoms with Crippen molar-refractivity contribution in [3.8, 4) is 11.1 Å². The molecule has 1 aliphatic carbocycles. The largest absolute Gasteiger partial charge is 0.481 e. The lowest BCUT2D eigenvalue weighted by molar-refractivity contribution is -0.139. The molecule has 2 heteroatoms. The summed E-state index contributed by atoms with van der Waals surface area (Å²) in [6.07, 6.45) is 3.31. The van der Waals surface area contributed by atoms with Crippen molar-refractivity contribution in [1.82, 2.24) is 0 Å². The predicted molar refractivity (Wildman–Crippen MR) is 79.7 cm³/mol. The van der Waals surface area contributed by atoms with Gasteiger partial charge >= 0.3 is 5.97 Å². The molecule has 102 valence electrons. The van der Waals surface area contributed by atoms with Crippen molar-refractivity contribution >= 4 is 5.97 Å². The summed E-state index contributed by atoms with van der Waals surface area (Å²) in [5.41, 5.74) is 3.37. The Morgan fingerprint density at radius 1 is 1.00 bits per heavy atom. The van der Waals surface area contributed by atoms with Gasteiger partial charge in [-0.05, 0) is 29.5 Å². The summed E-state index contributed by atoms with van der Waals surface area (Å²) in [7, 11) is 0.